The highest BCUT2D eigenvalue weighted by Crippen LogP contribution is 2.31. The van der Waals surface area contributed by atoms with Gasteiger partial charge in [-0.15, -0.1) is 0 Å². The van der Waals surface area contributed by atoms with Gasteiger partial charge in [0.1, 0.15) is 11.5 Å². The number of nitrogens with one attached hydrogen (secondary N) is 1. The van der Waals surface area contributed by atoms with E-state index in [9.17, 15) is 4.79 Å². The van der Waals surface area contributed by atoms with Crippen LogP contribution in [0.3, 0.4) is 0 Å². The molecule has 1 aliphatic rings. The summed E-state index contributed by atoms with van der Waals surface area (Å²) in [5, 5.41) is 12.3. The molecule has 0 aromatic heterocycles. The Hall–Kier alpha value is -2.49. The van der Waals surface area contributed by atoms with E-state index in [1.165, 1.54) is 0 Å². The molecule has 2 N–H and O–H groups in total. The van der Waals surface area contributed by atoms with Gasteiger partial charge in [0.05, 0.1) is 5.92 Å². The third-order valence-electron chi connectivity index (χ3n) is 3.78. The lowest BCUT2D eigenvalue weighted by Gasteiger charge is -2.34. The Morgan fingerprint density at radius 2 is 1.67 bits per heavy atom. The van der Waals surface area contributed by atoms with E-state index < -0.39 is 5.97 Å². The summed E-state index contributed by atoms with van der Waals surface area (Å²) in [6, 6.07) is 17.2. The minimum atomic E-state index is -0.720. The van der Waals surface area contributed by atoms with Crippen LogP contribution in [-0.4, -0.2) is 17.1 Å². The third-order valence-corrected chi connectivity index (χ3v) is 3.78. The van der Waals surface area contributed by atoms with Gasteiger partial charge in [0.15, 0.2) is 0 Å². The average Bonchev–Trinajstić information content (AvgIpc) is 2.46. The fourth-order valence-electron chi connectivity index (χ4n) is 2.43. The van der Waals surface area contributed by atoms with E-state index in [1.807, 2.05) is 54.6 Å². The van der Waals surface area contributed by atoms with Crippen LogP contribution >= 0.6 is 0 Å². The molecular weight excluding hydrogens is 266 g/mol. The van der Waals surface area contributed by atoms with E-state index in [0.717, 1.165) is 30.0 Å². The van der Waals surface area contributed by atoms with Gasteiger partial charge in [-0.3, -0.25) is 4.79 Å². The standard InChI is InChI=1S/C17H17NO3/c19-17(20)15-10-11-16(15)18-12-6-8-14(9-7-12)21-13-4-2-1-3-5-13/h1-9,15-16,18H,10-11H2,(H,19,20). The topological polar surface area (TPSA) is 58.6 Å². The number of hydrogen-bond donors (Lipinski definition) is 2. The van der Waals surface area contributed by atoms with Crippen molar-refractivity contribution in [2.75, 3.05) is 5.32 Å². The first-order chi connectivity index (χ1) is 10.2. The van der Waals surface area contributed by atoms with Crippen molar-refractivity contribution >= 4 is 11.7 Å². The zero-order valence-corrected chi connectivity index (χ0v) is 11.5. The summed E-state index contributed by atoms with van der Waals surface area (Å²) < 4.78 is 5.72. The second-order valence-electron chi connectivity index (χ2n) is 5.21. The van der Waals surface area contributed by atoms with Gasteiger partial charge < -0.3 is 15.2 Å². The molecular formula is C17H17NO3. The fraction of sp³-hybridized carbons (Fsp3) is 0.235. The molecule has 2 unspecified atom stereocenters. The summed E-state index contributed by atoms with van der Waals surface area (Å²) >= 11 is 0. The molecule has 0 amide bonds. The molecule has 3 rings (SSSR count). The van der Waals surface area contributed by atoms with E-state index in [0.29, 0.717) is 0 Å². The Labute approximate surface area is 123 Å². The van der Waals surface area contributed by atoms with Crippen molar-refractivity contribution in [3.8, 4) is 11.5 Å². The molecule has 2 atom stereocenters. The molecule has 0 saturated heterocycles. The summed E-state index contributed by atoms with van der Waals surface area (Å²) in [7, 11) is 0. The van der Waals surface area contributed by atoms with Crippen LogP contribution in [0.2, 0.25) is 0 Å². The van der Waals surface area contributed by atoms with Crippen molar-refractivity contribution in [2.45, 2.75) is 18.9 Å². The van der Waals surface area contributed by atoms with Crippen LogP contribution in [0.1, 0.15) is 12.8 Å². The van der Waals surface area contributed by atoms with Gasteiger partial charge in [0, 0.05) is 11.7 Å². The smallest absolute Gasteiger partial charge is 0.308 e. The second kappa shape index (κ2) is 5.87. The maximum atomic E-state index is 11.0. The van der Waals surface area contributed by atoms with Gasteiger partial charge >= 0.3 is 5.97 Å². The highest BCUT2D eigenvalue weighted by molar-refractivity contribution is 5.73. The lowest BCUT2D eigenvalue weighted by atomic mass is 9.79. The van der Waals surface area contributed by atoms with Crippen molar-refractivity contribution in [3.05, 3.63) is 54.6 Å². The molecule has 0 heterocycles. The van der Waals surface area contributed by atoms with Crippen LogP contribution in [0.15, 0.2) is 54.6 Å². The number of hydrogen-bond acceptors (Lipinski definition) is 3. The predicted molar refractivity (Wildman–Crippen MR) is 80.7 cm³/mol. The minimum Gasteiger partial charge on any atom is -0.481 e. The summed E-state index contributed by atoms with van der Waals surface area (Å²) in [5.74, 6) is 0.561. The Kier molecular flexibility index (Phi) is 3.77. The monoisotopic (exact) mass is 283 g/mol. The third kappa shape index (κ3) is 3.16. The number of para-hydroxylation sites is 1. The van der Waals surface area contributed by atoms with Crippen LogP contribution in [0.4, 0.5) is 5.69 Å². The quantitative estimate of drug-likeness (QED) is 0.877. The van der Waals surface area contributed by atoms with Crippen LogP contribution in [0.5, 0.6) is 11.5 Å². The summed E-state index contributed by atoms with van der Waals surface area (Å²) in [5.41, 5.74) is 0.923. The van der Waals surface area contributed by atoms with Crippen molar-refractivity contribution in [3.63, 3.8) is 0 Å². The maximum Gasteiger partial charge on any atom is 0.308 e. The van der Waals surface area contributed by atoms with Crippen LogP contribution in [0.25, 0.3) is 0 Å². The van der Waals surface area contributed by atoms with Crippen molar-refractivity contribution in [2.24, 2.45) is 5.92 Å². The number of ether oxygens (including phenoxy) is 1. The minimum absolute atomic E-state index is 0.0309. The molecule has 0 spiro atoms. The first-order valence-electron chi connectivity index (χ1n) is 7.05. The number of anilines is 1. The Bertz CT molecular complexity index is 610. The first-order valence-corrected chi connectivity index (χ1v) is 7.05. The number of aliphatic carboxylic acids is 1. The second-order valence-corrected chi connectivity index (χ2v) is 5.21. The fourth-order valence-corrected chi connectivity index (χ4v) is 2.43. The normalized spacial score (nSPS) is 20.4. The molecule has 108 valence electrons. The zero-order chi connectivity index (χ0) is 14.7. The Balaban J connectivity index is 1.61. The van der Waals surface area contributed by atoms with Crippen molar-refractivity contribution in [1.29, 1.82) is 0 Å². The van der Waals surface area contributed by atoms with Crippen molar-refractivity contribution < 1.29 is 14.6 Å². The van der Waals surface area contributed by atoms with Gasteiger partial charge in [0.2, 0.25) is 0 Å². The highest BCUT2D eigenvalue weighted by atomic mass is 16.5. The number of carboxylic acids is 1. The van der Waals surface area contributed by atoms with Gasteiger partial charge in [-0.1, -0.05) is 18.2 Å². The number of carboxylic acid groups (broad SMARTS) is 1. The molecule has 2 aromatic rings. The number of benzene rings is 2. The predicted octanol–water partition coefficient (Wildman–Crippen LogP) is 3.75. The summed E-state index contributed by atoms with van der Waals surface area (Å²) in [6.07, 6.45) is 1.65. The lowest BCUT2D eigenvalue weighted by Crippen LogP contribution is -2.42. The molecule has 0 aliphatic heterocycles. The van der Waals surface area contributed by atoms with E-state index in [4.69, 9.17) is 9.84 Å². The van der Waals surface area contributed by atoms with Crippen LogP contribution < -0.4 is 10.1 Å². The van der Waals surface area contributed by atoms with Gasteiger partial charge in [0.25, 0.3) is 0 Å². The molecule has 1 fully saturated rings. The molecule has 4 nitrogen and oxygen atoms in total. The first kappa shape index (κ1) is 13.5. The Morgan fingerprint density at radius 3 is 2.24 bits per heavy atom. The number of rotatable bonds is 5. The van der Waals surface area contributed by atoms with Gasteiger partial charge in [-0.2, -0.15) is 0 Å². The zero-order valence-electron chi connectivity index (χ0n) is 11.5. The Morgan fingerprint density at radius 1 is 1.00 bits per heavy atom. The van der Waals surface area contributed by atoms with E-state index in [2.05, 4.69) is 5.32 Å². The molecule has 0 bridgehead atoms. The van der Waals surface area contributed by atoms with E-state index >= 15 is 0 Å². The SMILES string of the molecule is O=C(O)C1CCC1Nc1ccc(Oc2ccccc2)cc1. The van der Waals surface area contributed by atoms with Gasteiger partial charge in [-0.25, -0.2) is 0 Å². The lowest BCUT2D eigenvalue weighted by molar-refractivity contribution is -0.144. The van der Waals surface area contributed by atoms with Crippen molar-refractivity contribution in [1.82, 2.24) is 0 Å². The van der Waals surface area contributed by atoms with Crippen LogP contribution in [0, 0.1) is 5.92 Å². The molecule has 21 heavy (non-hydrogen) atoms. The summed E-state index contributed by atoms with van der Waals surface area (Å²) in [6.45, 7) is 0. The molecule has 2 aromatic carbocycles. The molecule has 4 heteroatoms. The average molecular weight is 283 g/mol. The molecule has 1 saturated carbocycles. The highest BCUT2D eigenvalue weighted by Gasteiger charge is 2.36. The maximum absolute atomic E-state index is 11.0. The summed E-state index contributed by atoms with van der Waals surface area (Å²) in [4.78, 5) is 11.0. The van der Waals surface area contributed by atoms with E-state index in [-0.39, 0.29) is 12.0 Å². The van der Waals surface area contributed by atoms with Crippen LogP contribution in [-0.2, 0) is 4.79 Å². The number of carbonyl (C=O) groups is 1. The van der Waals surface area contributed by atoms with E-state index in [1.54, 1.807) is 0 Å². The molecule has 1 aliphatic carbocycles. The van der Waals surface area contributed by atoms with Gasteiger partial charge in [-0.05, 0) is 49.2 Å². The molecule has 0 radical (unpaired) electrons. The largest absolute Gasteiger partial charge is 0.481 e.